The minimum Gasteiger partial charge on any atom is -0.491 e. The van der Waals surface area contributed by atoms with E-state index >= 15 is 0 Å². The molecule has 168 valence electrons. The fourth-order valence-electron chi connectivity index (χ4n) is 3.34. The van der Waals surface area contributed by atoms with Crippen LogP contribution in [0.5, 0.6) is 5.75 Å². The van der Waals surface area contributed by atoms with Crippen molar-refractivity contribution in [2.24, 2.45) is 0 Å². The van der Waals surface area contributed by atoms with Gasteiger partial charge in [-0.15, -0.1) is 6.42 Å². The molecule has 1 aliphatic rings. The Bertz CT molecular complexity index is 1080. The standard InChI is InChI=1S/C25H28N2O4S/c1-4-6-24(5-2)27-16-15-26(32(27,28)29)17-18-30-19-20-31-25-13-11-23(12-14-25)22-9-7-21(3)8-10-22/h2,4,6-14H,1,15-20H2,3H3/b24-6+. The molecule has 0 aromatic heterocycles. The number of rotatable bonds is 10. The lowest BCUT2D eigenvalue weighted by Gasteiger charge is -2.19. The van der Waals surface area contributed by atoms with E-state index < -0.39 is 10.2 Å². The molecule has 1 aliphatic heterocycles. The Morgan fingerprint density at radius 1 is 1.06 bits per heavy atom. The molecule has 0 bridgehead atoms. The van der Waals surface area contributed by atoms with Crippen molar-refractivity contribution in [3.05, 3.63) is 78.5 Å². The molecule has 7 heteroatoms. The summed E-state index contributed by atoms with van der Waals surface area (Å²) < 4.78 is 39.1. The van der Waals surface area contributed by atoms with Gasteiger partial charge in [0.1, 0.15) is 18.1 Å². The zero-order valence-electron chi connectivity index (χ0n) is 18.2. The van der Waals surface area contributed by atoms with E-state index in [9.17, 15) is 8.42 Å². The van der Waals surface area contributed by atoms with Gasteiger partial charge in [0.25, 0.3) is 0 Å². The van der Waals surface area contributed by atoms with Crippen molar-refractivity contribution < 1.29 is 17.9 Å². The molecule has 0 aliphatic carbocycles. The summed E-state index contributed by atoms with van der Waals surface area (Å²) >= 11 is 0. The van der Waals surface area contributed by atoms with Crippen LogP contribution in [0.2, 0.25) is 0 Å². The van der Waals surface area contributed by atoms with Crippen molar-refractivity contribution in [2.45, 2.75) is 6.92 Å². The third-order valence-corrected chi connectivity index (χ3v) is 7.02. The van der Waals surface area contributed by atoms with Gasteiger partial charge in [0.05, 0.1) is 13.2 Å². The summed E-state index contributed by atoms with van der Waals surface area (Å²) in [6.45, 7) is 7.60. The van der Waals surface area contributed by atoms with Gasteiger partial charge >= 0.3 is 10.2 Å². The van der Waals surface area contributed by atoms with Crippen LogP contribution in [0.25, 0.3) is 11.1 Å². The first-order valence-electron chi connectivity index (χ1n) is 10.4. The highest BCUT2D eigenvalue weighted by atomic mass is 32.2. The van der Waals surface area contributed by atoms with E-state index in [1.807, 2.05) is 24.3 Å². The Kier molecular flexibility index (Phi) is 8.12. The summed E-state index contributed by atoms with van der Waals surface area (Å²) in [5.41, 5.74) is 3.81. The molecular weight excluding hydrogens is 424 g/mol. The highest BCUT2D eigenvalue weighted by Crippen LogP contribution is 2.23. The zero-order valence-corrected chi connectivity index (χ0v) is 19.1. The molecule has 0 atom stereocenters. The van der Waals surface area contributed by atoms with Gasteiger partial charge in [-0.05, 0) is 36.3 Å². The molecule has 0 N–H and O–H groups in total. The van der Waals surface area contributed by atoms with E-state index in [0.717, 1.165) is 16.9 Å². The maximum atomic E-state index is 12.6. The molecule has 1 fully saturated rings. The van der Waals surface area contributed by atoms with Crippen LogP contribution >= 0.6 is 0 Å². The Morgan fingerprint density at radius 3 is 2.34 bits per heavy atom. The molecule has 6 nitrogen and oxygen atoms in total. The van der Waals surface area contributed by atoms with E-state index in [-0.39, 0.29) is 18.8 Å². The van der Waals surface area contributed by atoms with Crippen molar-refractivity contribution in [1.82, 2.24) is 8.61 Å². The Balaban J connectivity index is 1.39. The predicted octanol–water partition coefficient (Wildman–Crippen LogP) is 3.62. The molecule has 0 radical (unpaired) electrons. The van der Waals surface area contributed by atoms with Gasteiger partial charge in [-0.3, -0.25) is 0 Å². The number of allylic oxidation sites excluding steroid dienone is 3. The molecule has 3 rings (SSSR count). The van der Waals surface area contributed by atoms with Gasteiger partial charge in [-0.1, -0.05) is 60.5 Å². The first kappa shape index (κ1) is 23.6. The topological polar surface area (TPSA) is 59.1 Å². The normalized spacial score (nSPS) is 16.0. The fraction of sp³-hybridized carbons (Fsp3) is 0.280. The quantitative estimate of drug-likeness (QED) is 0.314. The highest BCUT2D eigenvalue weighted by molar-refractivity contribution is 7.87. The second-order valence-corrected chi connectivity index (χ2v) is 9.11. The molecule has 1 heterocycles. The lowest BCUT2D eigenvalue weighted by molar-refractivity contribution is 0.0937. The minimum absolute atomic E-state index is 0.260. The second kappa shape index (κ2) is 11.0. The predicted molar refractivity (Wildman–Crippen MR) is 127 cm³/mol. The Hall–Kier alpha value is -3.05. The van der Waals surface area contributed by atoms with E-state index in [1.165, 1.54) is 26.3 Å². The van der Waals surface area contributed by atoms with Gasteiger partial charge in [0, 0.05) is 19.6 Å². The summed E-state index contributed by atoms with van der Waals surface area (Å²) in [4.78, 5) is 0. The van der Waals surface area contributed by atoms with Crippen LogP contribution in [-0.4, -0.2) is 56.5 Å². The molecular formula is C25H28N2O4S. The van der Waals surface area contributed by atoms with Gasteiger partial charge in [0.2, 0.25) is 0 Å². The summed E-state index contributed by atoms with van der Waals surface area (Å²) in [6.07, 6.45) is 8.42. The maximum Gasteiger partial charge on any atom is 0.304 e. The average molecular weight is 453 g/mol. The molecule has 2 aromatic carbocycles. The maximum absolute atomic E-state index is 12.6. The van der Waals surface area contributed by atoms with Crippen LogP contribution in [0.1, 0.15) is 5.56 Å². The van der Waals surface area contributed by atoms with Crippen molar-refractivity contribution in [3.8, 4) is 29.2 Å². The van der Waals surface area contributed by atoms with E-state index in [0.29, 0.717) is 26.3 Å². The second-order valence-electron chi connectivity index (χ2n) is 7.26. The van der Waals surface area contributed by atoms with Crippen LogP contribution in [0.15, 0.2) is 73.0 Å². The van der Waals surface area contributed by atoms with Gasteiger partial charge in [-0.2, -0.15) is 12.7 Å². The zero-order chi connectivity index (χ0) is 23.0. The highest BCUT2D eigenvalue weighted by Gasteiger charge is 2.36. The van der Waals surface area contributed by atoms with Crippen LogP contribution in [0, 0.1) is 19.3 Å². The van der Waals surface area contributed by atoms with Crippen molar-refractivity contribution >= 4 is 10.2 Å². The minimum atomic E-state index is -3.63. The van der Waals surface area contributed by atoms with E-state index in [4.69, 9.17) is 15.9 Å². The summed E-state index contributed by atoms with van der Waals surface area (Å²) in [7, 11) is -3.63. The number of hydrogen-bond donors (Lipinski definition) is 0. The molecule has 0 spiro atoms. The first-order chi connectivity index (χ1) is 15.5. The first-order valence-corrected chi connectivity index (χ1v) is 11.8. The fourth-order valence-corrected chi connectivity index (χ4v) is 4.91. The smallest absolute Gasteiger partial charge is 0.304 e. The monoisotopic (exact) mass is 452 g/mol. The van der Waals surface area contributed by atoms with Crippen LogP contribution < -0.4 is 4.74 Å². The number of benzene rings is 2. The average Bonchev–Trinajstić information content (AvgIpc) is 3.09. The summed E-state index contributed by atoms with van der Waals surface area (Å²) in [5.74, 6) is 3.16. The molecule has 0 saturated carbocycles. The Labute approximate surface area is 190 Å². The third kappa shape index (κ3) is 5.80. The van der Waals surface area contributed by atoms with Gasteiger partial charge < -0.3 is 9.47 Å². The molecule has 2 aromatic rings. The van der Waals surface area contributed by atoms with E-state index in [2.05, 4.69) is 43.7 Å². The summed E-state index contributed by atoms with van der Waals surface area (Å²) in [6, 6.07) is 16.3. The number of terminal acetylenes is 1. The number of nitrogens with zero attached hydrogens (tertiary/aromatic N) is 2. The van der Waals surface area contributed by atoms with Crippen molar-refractivity contribution in [1.29, 1.82) is 0 Å². The van der Waals surface area contributed by atoms with Crippen molar-refractivity contribution in [2.75, 3.05) is 39.5 Å². The van der Waals surface area contributed by atoms with Gasteiger partial charge in [0.15, 0.2) is 0 Å². The number of aryl methyl sites for hydroxylation is 1. The summed E-state index contributed by atoms with van der Waals surface area (Å²) in [5, 5.41) is 0. The molecule has 32 heavy (non-hydrogen) atoms. The molecule has 0 unspecified atom stereocenters. The Morgan fingerprint density at radius 2 is 1.72 bits per heavy atom. The molecule has 1 saturated heterocycles. The molecule has 0 amide bonds. The number of ether oxygens (including phenoxy) is 2. The third-order valence-electron chi connectivity index (χ3n) is 5.07. The lowest BCUT2D eigenvalue weighted by atomic mass is 10.0. The van der Waals surface area contributed by atoms with Crippen molar-refractivity contribution in [3.63, 3.8) is 0 Å². The van der Waals surface area contributed by atoms with Gasteiger partial charge in [-0.25, -0.2) is 4.31 Å². The van der Waals surface area contributed by atoms with E-state index in [1.54, 1.807) is 0 Å². The largest absolute Gasteiger partial charge is 0.491 e. The van der Waals surface area contributed by atoms with Crippen LogP contribution in [0.4, 0.5) is 0 Å². The SMILES string of the molecule is C#C/C(=C\C=C)N1CCN(CCOCCOc2ccc(-c3ccc(C)cc3)cc2)S1(=O)=O. The number of hydrogen-bond acceptors (Lipinski definition) is 4. The lowest BCUT2D eigenvalue weighted by Crippen LogP contribution is -2.34. The van der Waals surface area contributed by atoms with Crippen LogP contribution in [-0.2, 0) is 14.9 Å². The van der Waals surface area contributed by atoms with Crippen LogP contribution in [0.3, 0.4) is 0 Å².